The number of guanidine groups is 1. The minimum Gasteiger partial charge on any atom is -0.356 e. The van der Waals surface area contributed by atoms with Crippen molar-refractivity contribution >= 4 is 11.9 Å². The largest absolute Gasteiger partial charge is 0.356 e. The van der Waals surface area contributed by atoms with E-state index in [1.165, 1.54) is 11.1 Å². The van der Waals surface area contributed by atoms with Gasteiger partial charge in [0, 0.05) is 39.3 Å². The van der Waals surface area contributed by atoms with Crippen LogP contribution in [0.15, 0.2) is 29.3 Å². The minimum atomic E-state index is 0.135. The summed E-state index contributed by atoms with van der Waals surface area (Å²) in [6.45, 7) is 10.4. The Morgan fingerprint density at radius 1 is 1.21 bits per heavy atom. The van der Waals surface area contributed by atoms with E-state index in [0.29, 0.717) is 18.5 Å². The highest BCUT2D eigenvalue weighted by Gasteiger charge is 2.21. The van der Waals surface area contributed by atoms with Crippen molar-refractivity contribution < 1.29 is 4.79 Å². The molecule has 1 aliphatic rings. The predicted molar refractivity (Wildman–Crippen MR) is 117 cm³/mol. The average Bonchev–Trinajstić information content (AvgIpc) is 2.71. The summed E-state index contributed by atoms with van der Waals surface area (Å²) >= 11 is 0. The molecule has 1 atom stereocenters. The lowest BCUT2D eigenvalue weighted by Crippen LogP contribution is -2.50. The molecule has 2 rings (SSSR count). The smallest absolute Gasteiger partial charge is 0.234 e. The molecule has 6 nitrogen and oxygen atoms in total. The third kappa shape index (κ3) is 7.50. The van der Waals surface area contributed by atoms with Crippen LogP contribution in [0.25, 0.3) is 0 Å². The Morgan fingerprint density at radius 3 is 2.50 bits per heavy atom. The Bertz CT molecular complexity index is 620. The normalized spacial score (nSPS) is 17.2. The van der Waals surface area contributed by atoms with E-state index in [-0.39, 0.29) is 5.91 Å². The summed E-state index contributed by atoms with van der Waals surface area (Å²) < 4.78 is 0. The van der Waals surface area contributed by atoms with E-state index in [2.05, 4.69) is 70.9 Å². The van der Waals surface area contributed by atoms with Crippen LogP contribution in [0.4, 0.5) is 0 Å². The van der Waals surface area contributed by atoms with E-state index in [4.69, 9.17) is 0 Å². The number of likely N-dealkylation sites (tertiary alicyclic amines) is 1. The van der Waals surface area contributed by atoms with Crippen LogP contribution < -0.4 is 16.0 Å². The molecule has 1 unspecified atom stereocenters. The first kappa shape index (κ1) is 22.2. The van der Waals surface area contributed by atoms with Crippen molar-refractivity contribution in [3.05, 3.63) is 35.4 Å². The van der Waals surface area contributed by atoms with E-state index in [0.717, 1.165) is 51.4 Å². The molecule has 1 amide bonds. The Balaban J connectivity index is 1.70. The molecule has 1 fully saturated rings. The van der Waals surface area contributed by atoms with Gasteiger partial charge in [-0.3, -0.25) is 14.7 Å². The molecule has 0 aliphatic carbocycles. The average molecular weight is 388 g/mol. The van der Waals surface area contributed by atoms with Gasteiger partial charge in [0.15, 0.2) is 5.96 Å². The third-order valence-electron chi connectivity index (χ3n) is 5.31. The molecule has 0 saturated carbocycles. The lowest BCUT2D eigenvalue weighted by atomic mass is 10.00. The van der Waals surface area contributed by atoms with E-state index in [1.54, 1.807) is 0 Å². The fourth-order valence-corrected chi connectivity index (χ4v) is 3.41. The maximum Gasteiger partial charge on any atom is 0.234 e. The van der Waals surface area contributed by atoms with E-state index >= 15 is 0 Å². The summed E-state index contributed by atoms with van der Waals surface area (Å²) in [5.74, 6) is 1.41. The Kier molecular flexibility index (Phi) is 9.28. The second-order valence-electron chi connectivity index (χ2n) is 7.81. The molecule has 28 heavy (non-hydrogen) atoms. The molecule has 6 heteroatoms. The fraction of sp³-hybridized carbons (Fsp3) is 0.636. The molecule has 1 saturated heterocycles. The number of piperidine rings is 1. The van der Waals surface area contributed by atoms with Crippen LogP contribution >= 0.6 is 0 Å². The van der Waals surface area contributed by atoms with Gasteiger partial charge in [-0.25, -0.2) is 0 Å². The van der Waals surface area contributed by atoms with Gasteiger partial charge in [-0.05, 0) is 37.7 Å². The van der Waals surface area contributed by atoms with Crippen LogP contribution in [0.1, 0.15) is 50.2 Å². The molecular formula is C22H37N5O. The lowest BCUT2D eigenvalue weighted by Gasteiger charge is -2.32. The van der Waals surface area contributed by atoms with Crippen LogP contribution in [-0.2, 0) is 4.79 Å². The van der Waals surface area contributed by atoms with Gasteiger partial charge in [0.05, 0.1) is 6.54 Å². The van der Waals surface area contributed by atoms with Gasteiger partial charge in [0.1, 0.15) is 0 Å². The van der Waals surface area contributed by atoms with E-state index in [1.807, 2.05) is 7.05 Å². The number of aliphatic imine (C=N–C) groups is 1. The van der Waals surface area contributed by atoms with Crippen molar-refractivity contribution in [3.63, 3.8) is 0 Å². The van der Waals surface area contributed by atoms with E-state index < -0.39 is 0 Å². The molecular weight excluding hydrogens is 350 g/mol. The second kappa shape index (κ2) is 11.7. The number of carbonyl (C=O) groups excluding carboxylic acids is 1. The van der Waals surface area contributed by atoms with Crippen molar-refractivity contribution in [1.82, 2.24) is 20.9 Å². The summed E-state index contributed by atoms with van der Waals surface area (Å²) in [7, 11) is 1.82. The minimum absolute atomic E-state index is 0.135. The van der Waals surface area contributed by atoms with Gasteiger partial charge in [-0.2, -0.15) is 0 Å². The molecule has 1 aromatic carbocycles. The zero-order valence-electron chi connectivity index (χ0n) is 17.9. The summed E-state index contributed by atoms with van der Waals surface area (Å²) in [4.78, 5) is 18.5. The first-order chi connectivity index (χ1) is 13.5. The zero-order chi connectivity index (χ0) is 20.4. The molecule has 3 N–H and O–H groups in total. The number of benzene rings is 1. The lowest BCUT2D eigenvalue weighted by molar-refractivity contribution is -0.122. The Hall–Kier alpha value is -2.08. The quantitative estimate of drug-likeness (QED) is 0.473. The van der Waals surface area contributed by atoms with Gasteiger partial charge in [0.2, 0.25) is 5.91 Å². The number of nitrogens with one attached hydrogen (secondary N) is 3. The van der Waals surface area contributed by atoms with Crippen LogP contribution in [0, 0.1) is 6.92 Å². The fourth-order valence-electron chi connectivity index (χ4n) is 3.41. The molecule has 156 valence electrons. The molecule has 0 spiro atoms. The van der Waals surface area contributed by atoms with Crippen molar-refractivity contribution in [3.8, 4) is 0 Å². The highest BCUT2D eigenvalue weighted by Crippen LogP contribution is 2.15. The summed E-state index contributed by atoms with van der Waals surface area (Å²) in [5.41, 5.74) is 2.62. The van der Waals surface area contributed by atoms with Gasteiger partial charge in [-0.15, -0.1) is 0 Å². The molecule has 1 heterocycles. The molecule has 1 aliphatic heterocycles. The van der Waals surface area contributed by atoms with E-state index in [9.17, 15) is 4.79 Å². The Morgan fingerprint density at radius 2 is 1.89 bits per heavy atom. The monoisotopic (exact) mass is 387 g/mol. The summed E-state index contributed by atoms with van der Waals surface area (Å²) in [5, 5.41) is 9.95. The highest BCUT2D eigenvalue weighted by molar-refractivity contribution is 5.80. The predicted octanol–water partition coefficient (Wildman–Crippen LogP) is 2.25. The highest BCUT2D eigenvalue weighted by atomic mass is 16.2. The molecule has 0 radical (unpaired) electrons. The number of nitrogens with zero attached hydrogens (tertiary/aromatic N) is 2. The van der Waals surface area contributed by atoms with Crippen LogP contribution in [0.3, 0.4) is 0 Å². The zero-order valence-corrected chi connectivity index (χ0v) is 17.9. The summed E-state index contributed by atoms with van der Waals surface area (Å²) in [6.07, 6.45) is 3.02. The van der Waals surface area contributed by atoms with Crippen LogP contribution in [0.2, 0.25) is 0 Å². The second-order valence-corrected chi connectivity index (χ2v) is 7.81. The van der Waals surface area contributed by atoms with Crippen molar-refractivity contribution in [2.24, 2.45) is 4.99 Å². The molecule has 0 aromatic heterocycles. The van der Waals surface area contributed by atoms with Crippen molar-refractivity contribution in [2.75, 3.05) is 39.8 Å². The van der Waals surface area contributed by atoms with Crippen molar-refractivity contribution in [1.29, 1.82) is 0 Å². The van der Waals surface area contributed by atoms with Gasteiger partial charge >= 0.3 is 0 Å². The topological polar surface area (TPSA) is 68.8 Å². The third-order valence-corrected chi connectivity index (χ3v) is 5.31. The summed E-state index contributed by atoms with van der Waals surface area (Å²) in [6, 6.07) is 9.12. The number of hydrogen-bond acceptors (Lipinski definition) is 3. The number of rotatable bonds is 8. The Labute approximate surface area is 170 Å². The van der Waals surface area contributed by atoms with Gasteiger partial charge in [-0.1, -0.05) is 43.7 Å². The standard InChI is InChI=1S/C22H37N5O/c1-5-12-24-21(28)16-27-13-10-20(11-14-27)26-22(23-4)25-15-18(3)19-8-6-17(2)7-9-19/h6-9,18,20H,5,10-16H2,1-4H3,(H,24,28)(H2,23,25,26). The number of aryl methyl sites for hydroxylation is 1. The maximum absolute atomic E-state index is 11.9. The molecule has 1 aromatic rings. The van der Waals surface area contributed by atoms with Gasteiger partial charge < -0.3 is 16.0 Å². The number of hydrogen-bond donors (Lipinski definition) is 3. The van der Waals surface area contributed by atoms with Crippen molar-refractivity contribution in [2.45, 2.75) is 52.0 Å². The number of carbonyl (C=O) groups is 1. The first-order valence-corrected chi connectivity index (χ1v) is 10.5. The van der Waals surface area contributed by atoms with Crippen LogP contribution in [-0.4, -0.2) is 62.6 Å². The maximum atomic E-state index is 11.9. The molecule has 0 bridgehead atoms. The van der Waals surface area contributed by atoms with Gasteiger partial charge in [0.25, 0.3) is 0 Å². The SMILES string of the molecule is CCCNC(=O)CN1CCC(NC(=NC)NCC(C)c2ccc(C)cc2)CC1. The first-order valence-electron chi connectivity index (χ1n) is 10.5. The van der Waals surface area contributed by atoms with Crippen LogP contribution in [0.5, 0.6) is 0 Å². The number of amides is 1.